The molecule has 0 radical (unpaired) electrons. The van der Waals surface area contributed by atoms with E-state index in [9.17, 15) is 9.90 Å². The third-order valence-electron chi connectivity index (χ3n) is 9.31. The van der Waals surface area contributed by atoms with Crippen molar-refractivity contribution in [1.82, 2.24) is 0 Å². The van der Waals surface area contributed by atoms with Crippen LogP contribution in [0.2, 0.25) is 0 Å². The van der Waals surface area contributed by atoms with E-state index in [0.29, 0.717) is 29.1 Å². The highest BCUT2D eigenvalue weighted by molar-refractivity contribution is 5.91. The summed E-state index contributed by atoms with van der Waals surface area (Å²) in [5.74, 6) is 4.34. The van der Waals surface area contributed by atoms with Crippen LogP contribution in [-0.2, 0) is 4.79 Å². The lowest BCUT2D eigenvalue weighted by Gasteiger charge is -2.58. The number of aliphatic hydroxyl groups is 1. The van der Waals surface area contributed by atoms with Crippen LogP contribution in [0.3, 0.4) is 0 Å². The second kappa shape index (κ2) is 6.22. The number of carbonyl (C=O) groups excluding carboxylic acids is 1. The van der Waals surface area contributed by atoms with Crippen molar-refractivity contribution in [3.8, 4) is 0 Å². The minimum Gasteiger partial charge on any atom is -0.396 e. The fraction of sp³-hybridized carbons (Fsp3) is 0.870. The number of allylic oxidation sites excluding steroid dienone is 1. The molecule has 2 nitrogen and oxygen atoms in total. The maximum Gasteiger partial charge on any atom is 0.155 e. The van der Waals surface area contributed by atoms with Crippen LogP contribution in [0.25, 0.3) is 0 Å². The summed E-state index contributed by atoms with van der Waals surface area (Å²) in [7, 11) is 0. The Kier molecular flexibility index (Phi) is 4.42. The van der Waals surface area contributed by atoms with Gasteiger partial charge in [0.25, 0.3) is 0 Å². The van der Waals surface area contributed by atoms with E-state index in [1.807, 2.05) is 6.08 Å². The molecule has 0 amide bonds. The molecule has 140 valence electrons. The molecule has 2 heteroatoms. The number of rotatable bonds is 3. The number of aliphatic hydroxyl groups excluding tert-OH is 1. The Morgan fingerprint density at radius 1 is 1.12 bits per heavy atom. The van der Waals surface area contributed by atoms with Crippen LogP contribution in [0.15, 0.2) is 11.6 Å². The molecule has 4 aliphatic carbocycles. The first-order valence-electron chi connectivity index (χ1n) is 10.7. The van der Waals surface area contributed by atoms with Gasteiger partial charge >= 0.3 is 0 Å². The predicted octanol–water partition coefficient (Wildman–Crippen LogP) is 5.15. The van der Waals surface area contributed by atoms with Crippen LogP contribution >= 0.6 is 0 Å². The predicted molar refractivity (Wildman–Crippen MR) is 101 cm³/mol. The maximum atomic E-state index is 11.9. The van der Waals surface area contributed by atoms with E-state index in [1.54, 1.807) is 0 Å². The summed E-state index contributed by atoms with van der Waals surface area (Å²) >= 11 is 0. The number of ketones is 1. The summed E-state index contributed by atoms with van der Waals surface area (Å²) in [6.45, 7) is 7.77. The Balaban J connectivity index is 1.60. The Labute approximate surface area is 153 Å². The van der Waals surface area contributed by atoms with E-state index in [4.69, 9.17) is 0 Å². The van der Waals surface area contributed by atoms with Gasteiger partial charge < -0.3 is 5.11 Å². The topological polar surface area (TPSA) is 37.3 Å². The first-order chi connectivity index (χ1) is 11.9. The summed E-state index contributed by atoms with van der Waals surface area (Å²) in [5, 5.41) is 9.42. The molecule has 0 bridgehead atoms. The largest absolute Gasteiger partial charge is 0.396 e. The second-order valence-corrected chi connectivity index (χ2v) is 10.2. The van der Waals surface area contributed by atoms with Crippen LogP contribution in [0.1, 0.15) is 78.6 Å². The van der Waals surface area contributed by atoms with Gasteiger partial charge in [-0.1, -0.05) is 26.3 Å². The van der Waals surface area contributed by atoms with Crippen molar-refractivity contribution in [2.45, 2.75) is 78.6 Å². The van der Waals surface area contributed by atoms with Crippen molar-refractivity contribution in [3.63, 3.8) is 0 Å². The van der Waals surface area contributed by atoms with Gasteiger partial charge in [-0.2, -0.15) is 0 Å². The van der Waals surface area contributed by atoms with Crippen molar-refractivity contribution in [2.24, 2.45) is 40.4 Å². The van der Waals surface area contributed by atoms with Crippen molar-refractivity contribution < 1.29 is 9.90 Å². The average Bonchev–Trinajstić information content (AvgIpc) is 2.93. The highest BCUT2D eigenvalue weighted by Crippen LogP contribution is 2.67. The fourth-order valence-corrected chi connectivity index (χ4v) is 7.94. The number of hydrogen-bond donors (Lipinski definition) is 1. The smallest absolute Gasteiger partial charge is 0.155 e. The molecule has 4 rings (SSSR count). The van der Waals surface area contributed by atoms with E-state index in [1.165, 1.54) is 37.7 Å². The Morgan fingerprint density at radius 2 is 1.92 bits per heavy atom. The molecule has 0 aliphatic heterocycles. The van der Waals surface area contributed by atoms with Gasteiger partial charge in [-0.3, -0.25) is 4.79 Å². The third kappa shape index (κ3) is 2.58. The van der Waals surface area contributed by atoms with Gasteiger partial charge in [0.05, 0.1) is 0 Å². The van der Waals surface area contributed by atoms with Crippen molar-refractivity contribution in [3.05, 3.63) is 11.6 Å². The third-order valence-corrected chi connectivity index (χ3v) is 9.31. The zero-order chi connectivity index (χ0) is 17.8. The van der Waals surface area contributed by atoms with Gasteiger partial charge in [0, 0.05) is 13.0 Å². The van der Waals surface area contributed by atoms with Crippen LogP contribution in [0.4, 0.5) is 0 Å². The lowest BCUT2D eigenvalue weighted by molar-refractivity contribution is -0.117. The van der Waals surface area contributed by atoms with Gasteiger partial charge in [0.1, 0.15) is 0 Å². The molecule has 25 heavy (non-hydrogen) atoms. The zero-order valence-corrected chi connectivity index (χ0v) is 16.4. The van der Waals surface area contributed by atoms with Crippen LogP contribution in [0, 0.1) is 40.4 Å². The summed E-state index contributed by atoms with van der Waals surface area (Å²) in [6.07, 6.45) is 12.8. The maximum absolute atomic E-state index is 11.9. The normalized spacial score (nSPS) is 47.5. The number of fused-ring (bicyclic) bond motifs is 5. The summed E-state index contributed by atoms with van der Waals surface area (Å²) in [6, 6.07) is 0. The molecular formula is C23H36O2. The van der Waals surface area contributed by atoms with Gasteiger partial charge in [0.15, 0.2) is 5.78 Å². The lowest BCUT2D eigenvalue weighted by atomic mass is 9.46. The van der Waals surface area contributed by atoms with E-state index in [0.717, 1.165) is 49.4 Å². The molecule has 4 aliphatic rings. The first-order valence-corrected chi connectivity index (χ1v) is 10.7. The SMILES string of the molecule is CC(CCO)C1CC[C@H]2[C@@H]3CCC4=CC(=O)CC[C@]4(C)[C@@H]3CC[C@]12C. The summed E-state index contributed by atoms with van der Waals surface area (Å²) < 4.78 is 0. The molecule has 7 atom stereocenters. The molecule has 0 aromatic carbocycles. The molecule has 0 spiro atoms. The monoisotopic (exact) mass is 344 g/mol. The first kappa shape index (κ1) is 17.8. The Hall–Kier alpha value is -0.630. The molecule has 3 fully saturated rings. The van der Waals surface area contributed by atoms with E-state index < -0.39 is 0 Å². The Bertz CT molecular complexity index is 579. The molecule has 0 aromatic heterocycles. The van der Waals surface area contributed by atoms with Gasteiger partial charge in [0.2, 0.25) is 0 Å². The van der Waals surface area contributed by atoms with Gasteiger partial charge in [-0.15, -0.1) is 0 Å². The standard InChI is InChI=1S/C23H36O2/c1-15(10-13-24)19-6-7-20-18-5-4-16-14-17(25)8-11-22(16,2)21(18)9-12-23(19,20)3/h14-15,18-21,24H,4-13H2,1-3H3/t15?,18-,19?,20-,21+,22-,23+/m0/s1. The van der Waals surface area contributed by atoms with Gasteiger partial charge in [-0.25, -0.2) is 0 Å². The van der Waals surface area contributed by atoms with E-state index in [2.05, 4.69) is 20.8 Å². The minimum absolute atomic E-state index is 0.299. The van der Waals surface area contributed by atoms with E-state index in [-0.39, 0.29) is 0 Å². The molecule has 0 saturated heterocycles. The van der Waals surface area contributed by atoms with Crippen molar-refractivity contribution in [2.75, 3.05) is 6.61 Å². The zero-order valence-electron chi connectivity index (χ0n) is 16.4. The average molecular weight is 345 g/mol. The molecule has 3 saturated carbocycles. The minimum atomic E-state index is 0.299. The van der Waals surface area contributed by atoms with Gasteiger partial charge in [-0.05, 0) is 97.9 Å². The quantitative estimate of drug-likeness (QED) is 0.768. The number of hydrogen-bond acceptors (Lipinski definition) is 2. The molecule has 1 N–H and O–H groups in total. The molecular weight excluding hydrogens is 308 g/mol. The van der Waals surface area contributed by atoms with Crippen LogP contribution in [-0.4, -0.2) is 17.5 Å². The summed E-state index contributed by atoms with van der Waals surface area (Å²) in [4.78, 5) is 11.9. The lowest BCUT2D eigenvalue weighted by Crippen LogP contribution is -2.51. The van der Waals surface area contributed by atoms with Crippen molar-refractivity contribution >= 4 is 5.78 Å². The van der Waals surface area contributed by atoms with Crippen molar-refractivity contribution in [1.29, 1.82) is 0 Å². The highest BCUT2D eigenvalue weighted by atomic mass is 16.3. The van der Waals surface area contributed by atoms with Crippen LogP contribution < -0.4 is 0 Å². The highest BCUT2D eigenvalue weighted by Gasteiger charge is 2.59. The Morgan fingerprint density at radius 3 is 2.68 bits per heavy atom. The van der Waals surface area contributed by atoms with E-state index >= 15 is 0 Å². The molecule has 0 aromatic rings. The molecule has 0 heterocycles. The van der Waals surface area contributed by atoms with Crippen LogP contribution in [0.5, 0.6) is 0 Å². The number of carbonyl (C=O) groups is 1. The second-order valence-electron chi connectivity index (χ2n) is 10.2. The molecule has 2 unspecified atom stereocenters. The summed E-state index contributed by atoms with van der Waals surface area (Å²) in [5.41, 5.74) is 2.27. The fourth-order valence-electron chi connectivity index (χ4n) is 7.94.